The van der Waals surface area contributed by atoms with Crippen molar-refractivity contribution in [1.82, 2.24) is 9.97 Å². The molecule has 0 bridgehead atoms. The first-order chi connectivity index (χ1) is 8.60. The normalized spacial score (nSPS) is 10.7. The van der Waals surface area contributed by atoms with Gasteiger partial charge in [-0.05, 0) is 31.5 Å². The molecule has 0 amide bonds. The van der Waals surface area contributed by atoms with E-state index in [2.05, 4.69) is 9.97 Å². The molecule has 18 heavy (non-hydrogen) atoms. The number of aromatic nitrogens is 2. The van der Waals surface area contributed by atoms with Crippen molar-refractivity contribution < 1.29 is 4.39 Å². The number of nitrogens with zero attached hydrogens (tertiary/aromatic N) is 2. The van der Waals surface area contributed by atoms with Crippen molar-refractivity contribution in [3.05, 3.63) is 58.4 Å². The number of aryl methyl sites for hydroxylation is 2. The number of nitrogens with two attached hydrogens (primary N) is 1. The minimum absolute atomic E-state index is 0.237. The monoisotopic (exact) mass is 245 g/mol. The Morgan fingerprint density at radius 2 is 1.83 bits per heavy atom. The summed E-state index contributed by atoms with van der Waals surface area (Å²) in [6, 6.07) is 6.50. The van der Waals surface area contributed by atoms with Crippen LogP contribution in [0.1, 0.15) is 28.3 Å². The Morgan fingerprint density at radius 3 is 2.39 bits per heavy atom. The lowest BCUT2D eigenvalue weighted by atomic mass is 10.1. The van der Waals surface area contributed by atoms with E-state index in [4.69, 9.17) is 5.73 Å². The Bertz CT molecular complexity index is 544. The zero-order chi connectivity index (χ0) is 13.1. The summed E-state index contributed by atoms with van der Waals surface area (Å²) in [5.41, 5.74) is 9.30. The van der Waals surface area contributed by atoms with Crippen molar-refractivity contribution >= 4 is 0 Å². The number of benzene rings is 1. The molecule has 0 atom stereocenters. The Kier molecular flexibility index (Phi) is 3.67. The molecule has 2 N–H and O–H groups in total. The maximum Gasteiger partial charge on any atom is 0.133 e. The molecule has 2 aromatic rings. The Hall–Kier alpha value is -1.81. The van der Waals surface area contributed by atoms with Gasteiger partial charge in [0.2, 0.25) is 0 Å². The van der Waals surface area contributed by atoms with Crippen LogP contribution in [0.2, 0.25) is 0 Å². The van der Waals surface area contributed by atoms with E-state index in [9.17, 15) is 4.39 Å². The number of hydrogen-bond acceptors (Lipinski definition) is 3. The van der Waals surface area contributed by atoms with Crippen molar-refractivity contribution in [3.63, 3.8) is 0 Å². The second-order valence-electron chi connectivity index (χ2n) is 4.30. The second-order valence-corrected chi connectivity index (χ2v) is 4.30. The van der Waals surface area contributed by atoms with Gasteiger partial charge in [-0.3, -0.25) is 0 Å². The van der Waals surface area contributed by atoms with E-state index in [-0.39, 0.29) is 5.82 Å². The average Bonchev–Trinajstić information content (AvgIpc) is 2.28. The Labute approximate surface area is 106 Å². The third-order valence-electron chi connectivity index (χ3n) is 2.92. The smallest absolute Gasteiger partial charge is 0.133 e. The quantitative estimate of drug-likeness (QED) is 0.902. The zero-order valence-corrected chi connectivity index (χ0v) is 10.6. The summed E-state index contributed by atoms with van der Waals surface area (Å²) in [6.07, 6.45) is 0.532. The molecule has 0 saturated carbocycles. The number of rotatable bonds is 3. The molecule has 0 unspecified atom stereocenters. The highest BCUT2D eigenvalue weighted by molar-refractivity contribution is 5.26. The number of halogens is 1. The molecular formula is C14H16FN3. The van der Waals surface area contributed by atoms with Crippen molar-refractivity contribution in [3.8, 4) is 0 Å². The van der Waals surface area contributed by atoms with Crippen LogP contribution in [0.4, 0.5) is 4.39 Å². The number of hydrogen-bond donors (Lipinski definition) is 1. The highest BCUT2D eigenvalue weighted by atomic mass is 19.1. The zero-order valence-electron chi connectivity index (χ0n) is 10.6. The van der Waals surface area contributed by atoms with E-state index in [1.54, 1.807) is 6.07 Å². The van der Waals surface area contributed by atoms with Crippen LogP contribution in [0.3, 0.4) is 0 Å². The summed E-state index contributed by atoms with van der Waals surface area (Å²) in [5.74, 6) is 0.465. The SMILES string of the molecule is Cc1nc(Cc2cccc(F)c2)nc(C)c1CN. The van der Waals surface area contributed by atoms with E-state index < -0.39 is 0 Å². The van der Waals surface area contributed by atoms with Gasteiger partial charge in [0.25, 0.3) is 0 Å². The van der Waals surface area contributed by atoms with E-state index in [1.165, 1.54) is 12.1 Å². The standard InChI is InChI=1S/C14H16FN3/c1-9-13(8-16)10(2)18-14(17-9)7-11-4-3-5-12(15)6-11/h3-6H,7-8,16H2,1-2H3. The molecule has 0 aliphatic heterocycles. The van der Waals surface area contributed by atoms with Gasteiger partial charge in [-0.15, -0.1) is 0 Å². The van der Waals surface area contributed by atoms with Gasteiger partial charge in [0.05, 0.1) is 0 Å². The van der Waals surface area contributed by atoms with Gasteiger partial charge in [-0.25, -0.2) is 14.4 Å². The summed E-state index contributed by atoms with van der Waals surface area (Å²) >= 11 is 0. The molecule has 1 aromatic heterocycles. The van der Waals surface area contributed by atoms with E-state index in [1.807, 2.05) is 19.9 Å². The van der Waals surface area contributed by atoms with E-state index in [0.717, 1.165) is 22.5 Å². The summed E-state index contributed by atoms with van der Waals surface area (Å²) in [6.45, 7) is 4.29. The molecule has 3 nitrogen and oxygen atoms in total. The van der Waals surface area contributed by atoms with Gasteiger partial charge in [0, 0.05) is 29.9 Å². The molecule has 0 fully saturated rings. The van der Waals surface area contributed by atoms with Gasteiger partial charge < -0.3 is 5.73 Å². The largest absolute Gasteiger partial charge is 0.326 e. The summed E-state index contributed by atoms with van der Waals surface area (Å²) in [5, 5.41) is 0. The van der Waals surface area contributed by atoms with Crippen LogP contribution < -0.4 is 5.73 Å². The molecule has 0 spiro atoms. The maximum absolute atomic E-state index is 13.1. The fraction of sp³-hybridized carbons (Fsp3) is 0.286. The van der Waals surface area contributed by atoms with Crippen LogP contribution in [-0.2, 0) is 13.0 Å². The second kappa shape index (κ2) is 5.23. The van der Waals surface area contributed by atoms with Crippen molar-refractivity contribution in [2.45, 2.75) is 26.8 Å². The van der Waals surface area contributed by atoms with Crippen LogP contribution in [0.25, 0.3) is 0 Å². The lowest BCUT2D eigenvalue weighted by Gasteiger charge is -2.09. The molecule has 1 aromatic carbocycles. The lowest BCUT2D eigenvalue weighted by molar-refractivity contribution is 0.625. The molecule has 1 heterocycles. The third kappa shape index (κ3) is 2.71. The first-order valence-corrected chi connectivity index (χ1v) is 5.87. The van der Waals surface area contributed by atoms with E-state index in [0.29, 0.717) is 18.8 Å². The van der Waals surface area contributed by atoms with Crippen molar-refractivity contribution in [1.29, 1.82) is 0 Å². The van der Waals surface area contributed by atoms with Gasteiger partial charge in [0.1, 0.15) is 11.6 Å². The first kappa shape index (κ1) is 12.6. The van der Waals surface area contributed by atoms with Crippen LogP contribution in [0.5, 0.6) is 0 Å². The van der Waals surface area contributed by atoms with Crippen LogP contribution in [-0.4, -0.2) is 9.97 Å². The minimum Gasteiger partial charge on any atom is -0.326 e. The van der Waals surface area contributed by atoms with Gasteiger partial charge >= 0.3 is 0 Å². The van der Waals surface area contributed by atoms with Crippen LogP contribution in [0, 0.1) is 19.7 Å². The Balaban J connectivity index is 2.30. The summed E-state index contributed by atoms with van der Waals surface area (Å²) in [7, 11) is 0. The molecule has 2 rings (SSSR count). The Morgan fingerprint density at radius 1 is 1.17 bits per heavy atom. The highest BCUT2D eigenvalue weighted by Gasteiger charge is 2.07. The van der Waals surface area contributed by atoms with Crippen LogP contribution >= 0.6 is 0 Å². The highest BCUT2D eigenvalue weighted by Crippen LogP contribution is 2.13. The topological polar surface area (TPSA) is 51.8 Å². The fourth-order valence-electron chi connectivity index (χ4n) is 2.01. The molecule has 0 aliphatic carbocycles. The summed E-state index contributed by atoms with van der Waals surface area (Å²) < 4.78 is 13.1. The molecule has 0 radical (unpaired) electrons. The molecule has 4 heteroatoms. The minimum atomic E-state index is -0.237. The van der Waals surface area contributed by atoms with Gasteiger partial charge in [0.15, 0.2) is 0 Å². The third-order valence-corrected chi connectivity index (χ3v) is 2.92. The molecule has 94 valence electrons. The predicted molar refractivity (Wildman–Crippen MR) is 68.6 cm³/mol. The fourth-order valence-corrected chi connectivity index (χ4v) is 2.01. The average molecular weight is 245 g/mol. The first-order valence-electron chi connectivity index (χ1n) is 5.87. The molecule has 0 aliphatic rings. The molecular weight excluding hydrogens is 229 g/mol. The van der Waals surface area contributed by atoms with E-state index >= 15 is 0 Å². The molecule has 0 saturated heterocycles. The van der Waals surface area contributed by atoms with Gasteiger partial charge in [-0.2, -0.15) is 0 Å². The summed E-state index contributed by atoms with van der Waals surface area (Å²) in [4.78, 5) is 8.83. The van der Waals surface area contributed by atoms with Gasteiger partial charge in [-0.1, -0.05) is 12.1 Å². The van der Waals surface area contributed by atoms with Crippen molar-refractivity contribution in [2.24, 2.45) is 5.73 Å². The maximum atomic E-state index is 13.1. The predicted octanol–water partition coefficient (Wildman–Crippen LogP) is 2.28. The van der Waals surface area contributed by atoms with Crippen molar-refractivity contribution in [2.75, 3.05) is 0 Å². The van der Waals surface area contributed by atoms with Crippen LogP contribution in [0.15, 0.2) is 24.3 Å². The lowest BCUT2D eigenvalue weighted by Crippen LogP contribution is -2.09.